The van der Waals surface area contributed by atoms with Gasteiger partial charge >= 0.3 is 12.1 Å². The number of amides is 1. The number of halogens is 3. The third-order valence-electron chi connectivity index (χ3n) is 5.78. The number of rotatable bonds is 0. The molecule has 120 valence electrons. The van der Waals surface area contributed by atoms with Crippen LogP contribution in [-0.2, 0) is 16.6 Å². The summed E-state index contributed by atoms with van der Waals surface area (Å²) in [7, 11) is 0. The molecule has 3 aliphatic rings. The van der Waals surface area contributed by atoms with Crippen LogP contribution in [0.25, 0.3) is 0 Å². The topological polar surface area (TPSA) is 64.3 Å². The number of piperidine rings is 1. The molecule has 2 fully saturated rings. The molecule has 0 radical (unpaired) electrons. The van der Waals surface area contributed by atoms with Gasteiger partial charge in [0, 0.05) is 23.4 Å². The van der Waals surface area contributed by atoms with Crippen molar-refractivity contribution < 1.29 is 23.1 Å². The van der Waals surface area contributed by atoms with Gasteiger partial charge in [-0.05, 0) is 36.1 Å². The molecular formula is C16H13F3N2O2. The number of likely N-dealkylation sites (tertiary alicyclic amines) is 1. The van der Waals surface area contributed by atoms with E-state index in [-0.39, 0.29) is 28.7 Å². The summed E-state index contributed by atoms with van der Waals surface area (Å²) in [5, 5.41) is 18.9. The van der Waals surface area contributed by atoms with Crippen LogP contribution < -0.4 is 0 Å². The first-order valence-corrected chi connectivity index (χ1v) is 7.34. The fourth-order valence-corrected chi connectivity index (χ4v) is 4.84. The number of nitriles is 1. The van der Waals surface area contributed by atoms with E-state index in [9.17, 15) is 23.1 Å². The van der Waals surface area contributed by atoms with E-state index in [4.69, 9.17) is 5.26 Å². The van der Waals surface area contributed by atoms with Crippen molar-refractivity contribution in [1.82, 2.24) is 4.90 Å². The predicted molar refractivity (Wildman–Crippen MR) is 72.5 cm³/mol. The molecule has 1 aromatic rings. The van der Waals surface area contributed by atoms with Crippen LogP contribution in [0, 0.1) is 17.2 Å². The van der Waals surface area contributed by atoms with Crippen molar-refractivity contribution in [2.75, 3.05) is 0 Å². The normalized spacial score (nSPS) is 33.7. The molecule has 1 heterocycles. The number of phenolic OH excluding ortho intramolecular Hbond substituents is 1. The van der Waals surface area contributed by atoms with Crippen molar-refractivity contribution in [2.24, 2.45) is 5.92 Å². The zero-order valence-electron chi connectivity index (χ0n) is 12.2. The summed E-state index contributed by atoms with van der Waals surface area (Å²) in [6, 6.07) is 4.13. The Morgan fingerprint density at radius 2 is 2.13 bits per heavy atom. The Balaban J connectivity index is 1.75. The second-order valence-electron chi connectivity index (χ2n) is 6.83. The molecule has 0 bridgehead atoms. The predicted octanol–water partition coefficient (Wildman–Crippen LogP) is 2.24. The van der Waals surface area contributed by atoms with Crippen LogP contribution in [0.4, 0.5) is 13.2 Å². The van der Waals surface area contributed by atoms with Gasteiger partial charge in [0.2, 0.25) is 0 Å². The second kappa shape index (κ2) is 3.99. The van der Waals surface area contributed by atoms with Gasteiger partial charge in [-0.15, -0.1) is 0 Å². The Labute approximate surface area is 130 Å². The molecule has 7 heteroatoms. The summed E-state index contributed by atoms with van der Waals surface area (Å²) in [6.45, 7) is 1.96. The molecule has 4 atom stereocenters. The molecule has 0 spiro atoms. The Hall–Kier alpha value is -2.23. The average molecular weight is 322 g/mol. The van der Waals surface area contributed by atoms with E-state index in [1.165, 1.54) is 6.07 Å². The molecule has 1 unspecified atom stereocenters. The molecule has 23 heavy (non-hydrogen) atoms. The summed E-state index contributed by atoms with van der Waals surface area (Å²) in [5.74, 6) is -1.88. The maximum Gasteiger partial charge on any atom is 0.471 e. The van der Waals surface area contributed by atoms with Gasteiger partial charge in [-0.2, -0.15) is 18.4 Å². The summed E-state index contributed by atoms with van der Waals surface area (Å²) in [4.78, 5) is 12.6. The summed E-state index contributed by atoms with van der Waals surface area (Å²) < 4.78 is 38.3. The average Bonchev–Trinajstić information content (AvgIpc) is 2.43. The molecule has 1 saturated heterocycles. The first kappa shape index (κ1) is 14.4. The number of carbonyl (C=O) groups excluding carboxylic acids is 1. The lowest BCUT2D eigenvalue weighted by atomic mass is 9.43. The Kier molecular flexibility index (Phi) is 2.49. The van der Waals surface area contributed by atoms with Crippen molar-refractivity contribution in [3.05, 3.63) is 28.8 Å². The van der Waals surface area contributed by atoms with Gasteiger partial charge in [-0.3, -0.25) is 4.79 Å². The molecule has 0 aromatic heterocycles. The van der Waals surface area contributed by atoms with Crippen LogP contribution in [0.2, 0.25) is 0 Å². The zero-order chi connectivity index (χ0) is 16.7. The van der Waals surface area contributed by atoms with E-state index in [0.717, 1.165) is 16.0 Å². The van der Waals surface area contributed by atoms with E-state index in [0.29, 0.717) is 12.8 Å². The zero-order valence-corrected chi connectivity index (χ0v) is 12.2. The van der Waals surface area contributed by atoms with Crippen LogP contribution in [-0.4, -0.2) is 34.2 Å². The lowest BCUT2D eigenvalue weighted by molar-refractivity contribution is -0.231. The smallest absolute Gasteiger partial charge is 0.471 e. The van der Waals surface area contributed by atoms with Gasteiger partial charge in [-0.1, -0.05) is 6.92 Å². The molecule has 4 rings (SSSR count). The quantitative estimate of drug-likeness (QED) is 0.797. The minimum atomic E-state index is -4.86. The third kappa shape index (κ3) is 1.58. The summed E-state index contributed by atoms with van der Waals surface area (Å²) in [5.41, 5.74) is 1.41. The van der Waals surface area contributed by atoms with Crippen LogP contribution in [0.15, 0.2) is 12.1 Å². The van der Waals surface area contributed by atoms with Crippen LogP contribution >= 0.6 is 0 Å². The van der Waals surface area contributed by atoms with Gasteiger partial charge in [-0.25, -0.2) is 0 Å². The van der Waals surface area contributed by atoms with Crippen molar-refractivity contribution >= 4 is 5.91 Å². The number of aromatic hydroxyl groups is 1. The van der Waals surface area contributed by atoms with E-state index in [1.54, 1.807) is 6.07 Å². The molecule has 1 N–H and O–H groups in total. The molecule has 1 aliphatic heterocycles. The Bertz CT molecular complexity index is 783. The standard InChI is InChI=1S/C16H13F3N2O2/c1-15-5-11-13(15)10(21(11)14(23)16(17,18)19)3-7-2-8(6-20)12(22)4-9(7)15/h2,4,10-11,13,22H,3,5H2,1H3/t10-,11?,13-,15+/m1/s1. The first-order chi connectivity index (χ1) is 10.7. The van der Waals surface area contributed by atoms with Crippen molar-refractivity contribution in [3.63, 3.8) is 0 Å². The molecule has 1 saturated carbocycles. The van der Waals surface area contributed by atoms with E-state index in [2.05, 4.69) is 0 Å². The summed E-state index contributed by atoms with van der Waals surface area (Å²) >= 11 is 0. The van der Waals surface area contributed by atoms with Gasteiger partial charge in [0.1, 0.15) is 11.8 Å². The summed E-state index contributed by atoms with van der Waals surface area (Å²) in [6.07, 6.45) is -4.11. The minimum absolute atomic E-state index is 0.00589. The van der Waals surface area contributed by atoms with E-state index in [1.807, 2.05) is 13.0 Å². The third-order valence-corrected chi connectivity index (χ3v) is 5.78. The first-order valence-electron chi connectivity index (χ1n) is 7.34. The lowest BCUT2D eigenvalue weighted by Crippen LogP contribution is -2.81. The number of fused-ring (bicyclic) bond motifs is 2. The van der Waals surface area contributed by atoms with Gasteiger partial charge in [0.15, 0.2) is 0 Å². The second-order valence-corrected chi connectivity index (χ2v) is 6.83. The molecule has 2 aliphatic carbocycles. The van der Waals surface area contributed by atoms with Crippen molar-refractivity contribution in [3.8, 4) is 11.8 Å². The van der Waals surface area contributed by atoms with Gasteiger partial charge in [0.25, 0.3) is 0 Å². The van der Waals surface area contributed by atoms with Crippen LogP contribution in [0.1, 0.15) is 30.0 Å². The van der Waals surface area contributed by atoms with Gasteiger partial charge < -0.3 is 10.0 Å². The SMILES string of the molecule is C[C@@]12CC3[C@H]1[C@@H](Cc1cc(C#N)c(O)cc12)N3C(=O)C(F)(F)F. The lowest BCUT2D eigenvalue weighted by Gasteiger charge is -2.72. The molecule has 4 nitrogen and oxygen atoms in total. The molecular weight excluding hydrogens is 309 g/mol. The van der Waals surface area contributed by atoms with Crippen molar-refractivity contribution in [2.45, 2.75) is 43.4 Å². The Morgan fingerprint density at radius 1 is 1.43 bits per heavy atom. The maximum atomic E-state index is 12.8. The van der Waals surface area contributed by atoms with Crippen LogP contribution in [0.3, 0.4) is 0 Å². The fraction of sp³-hybridized carbons (Fsp3) is 0.500. The number of hydrogen-bond acceptors (Lipinski definition) is 3. The van der Waals surface area contributed by atoms with E-state index >= 15 is 0 Å². The highest BCUT2D eigenvalue weighted by Crippen LogP contribution is 2.64. The monoisotopic (exact) mass is 322 g/mol. The number of alkyl halides is 3. The van der Waals surface area contributed by atoms with Crippen LogP contribution in [0.5, 0.6) is 5.75 Å². The molecule has 1 amide bonds. The molecule has 1 aromatic carbocycles. The Morgan fingerprint density at radius 3 is 2.74 bits per heavy atom. The fourth-order valence-electron chi connectivity index (χ4n) is 4.84. The highest BCUT2D eigenvalue weighted by atomic mass is 19.4. The highest BCUT2D eigenvalue weighted by Gasteiger charge is 2.71. The maximum absolute atomic E-state index is 12.8. The number of benzene rings is 1. The highest BCUT2D eigenvalue weighted by molar-refractivity contribution is 5.84. The minimum Gasteiger partial charge on any atom is -0.507 e. The van der Waals surface area contributed by atoms with Crippen molar-refractivity contribution in [1.29, 1.82) is 5.26 Å². The van der Waals surface area contributed by atoms with Gasteiger partial charge in [0.05, 0.1) is 5.56 Å². The number of nitrogens with zero attached hydrogens (tertiary/aromatic N) is 2. The number of carbonyl (C=O) groups is 1. The number of hydrogen-bond donors (Lipinski definition) is 1. The largest absolute Gasteiger partial charge is 0.507 e. The number of phenols is 1. The van der Waals surface area contributed by atoms with E-state index < -0.39 is 18.1 Å².